The number of carbonyl (C=O) groups excluding carboxylic acids is 1. The van der Waals surface area contributed by atoms with Gasteiger partial charge >= 0.3 is 0 Å². The standard InChI is InChI=1S/C46H60N8O6S/c1-44(2)13-9-33(38(24-44)46-28-45(3,29-46)30-46)27-52-17-19-53(20-18-52)34-5-7-37(41(22-34)60-35-21-32-10-14-47-42(32)49-26-35)43(55)50-61(58,59)36-6-8-39(40(23-36)54(56)57)48-25-31-11-15-51(4)16-12-31/h5-6,8,10,14,21-23,26,31,37,48H,7,9,11-13,15-20,24-25,27-30H2,1-4H3,(H,47,49)(H,50,55). The number of aromatic amines is 1. The fourth-order valence-corrected chi connectivity index (χ4v) is 12.2. The Morgan fingerprint density at radius 3 is 2.52 bits per heavy atom. The monoisotopic (exact) mass is 852 g/mol. The van der Waals surface area contributed by atoms with Gasteiger partial charge in [-0.15, -0.1) is 0 Å². The zero-order valence-electron chi connectivity index (χ0n) is 36.0. The number of ether oxygens (including phenoxy) is 1. The summed E-state index contributed by atoms with van der Waals surface area (Å²) in [6, 6.07) is 7.42. The van der Waals surface area contributed by atoms with Gasteiger partial charge in [-0.25, -0.2) is 18.1 Å². The molecule has 5 aliphatic carbocycles. The number of nitrogens with zero attached hydrogens (tertiary/aromatic N) is 5. The van der Waals surface area contributed by atoms with Crippen LogP contribution in [0.4, 0.5) is 11.4 Å². The van der Waals surface area contributed by atoms with Crippen molar-refractivity contribution in [3.63, 3.8) is 0 Å². The van der Waals surface area contributed by atoms with Crippen LogP contribution in [0.25, 0.3) is 11.0 Å². The fraction of sp³-hybridized carbons (Fsp3) is 0.565. The maximum atomic E-state index is 14.0. The van der Waals surface area contributed by atoms with Crippen molar-refractivity contribution in [2.24, 2.45) is 28.1 Å². The molecule has 2 saturated heterocycles. The minimum atomic E-state index is -4.49. The van der Waals surface area contributed by atoms with Gasteiger partial charge in [-0.3, -0.25) is 19.8 Å². The number of nitro groups is 1. The minimum absolute atomic E-state index is 0.204. The molecule has 7 aliphatic rings. The zero-order valence-corrected chi connectivity index (χ0v) is 36.8. The quantitative estimate of drug-likeness (QED) is 0.0904. The van der Waals surface area contributed by atoms with Gasteiger partial charge in [0.15, 0.2) is 0 Å². The Morgan fingerprint density at radius 2 is 1.80 bits per heavy atom. The summed E-state index contributed by atoms with van der Waals surface area (Å²) in [5.41, 5.74) is 6.37. The van der Waals surface area contributed by atoms with E-state index < -0.39 is 26.8 Å². The number of carbonyl (C=O) groups is 1. The first-order valence-electron chi connectivity index (χ1n) is 22.1. The molecule has 1 aromatic carbocycles. The molecule has 2 aromatic heterocycles. The average Bonchev–Trinajstić information content (AvgIpc) is 3.68. The first kappa shape index (κ1) is 41.6. The number of hydrogen-bond donors (Lipinski definition) is 3. The number of piperazine rings is 1. The molecule has 4 heterocycles. The van der Waals surface area contributed by atoms with Crippen molar-refractivity contribution in [2.75, 3.05) is 64.7 Å². The van der Waals surface area contributed by atoms with Crippen LogP contribution in [0.5, 0.6) is 5.75 Å². The van der Waals surface area contributed by atoms with Crippen LogP contribution in [-0.4, -0.2) is 103 Å². The highest BCUT2D eigenvalue weighted by atomic mass is 32.2. The van der Waals surface area contributed by atoms with E-state index in [-0.39, 0.29) is 22.7 Å². The number of likely N-dealkylation sites (tertiary alicyclic amines) is 1. The number of benzene rings is 1. The lowest BCUT2D eigenvalue weighted by Crippen LogP contribution is -2.61. The van der Waals surface area contributed by atoms with E-state index in [0.717, 1.165) is 75.8 Å². The number of H-pyrrole nitrogens is 1. The van der Waals surface area contributed by atoms with Crippen LogP contribution < -0.4 is 14.8 Å². The number of fused-ring (bicyclic) bond motifs is 1. The third kappa shape index (κ3) is 8.57. The number of pyridine rings is 1. The molecule has 1 unspecified atom stereocenters. The number of hydrogen-bond acceptors (Lipinski definition) is 11. The van der Waals surface area contributed by atoms with Gasteiger partial charge < -0.3 is 24.8 Å². The number of nitrogens with one attached hydrogen (secondary N) is 3. The molecule has 0 radical (unpaired) electrons. The third-order valence-corrected chi connectivity index (χ3v) is 15.9. The largest absolute Gasteiger partial charge is 0.459 e. The van der Waals surface area contributed by atoms with Crippen LogP contribution in [0.1, 0.15) is 78.6 Å². The number of rotatable bonds is 13. The smallest absolute Gasteiger partial charge is 0.293 e. The number of sulfonamides is 1. The second-order valence-corrected chi connectivity index (χ2v) is 21.7. The Morgan fingerprint density at radius 1 is 1.05 bits per heavy atom. The molecular formula is C46H60N8O6S. The molecule has 3 N–H and O–H groups in total. The molecule has 0 spiro atoms. The molecule has 3 saturated carbocycles. The second-order valence-electron chi connectivity index (χ2n) is 20.0. The normalized spacial score (nSPS) is 27.1. The third-order valence-electron chi connectivity index (χ3n) is 14.5. The van der Waals surface area contributed by atoms with Crippen LogP contribution in [0.2, 0.25) is 0 Å². The Balaban J connectivity index is 0.891. The van der Waals surface area contributed by atoms with Gasteiger partial charge in [-0.2, -0.15) is 0 Å². The van der Waals surface area contributed by atoms with Gasteiger partial charge in [0, 0.05) is 68.7 Å². The Hall–Kier alpha value is -4.73. The van der Waals surface area contributed by atoms with Crippen molar-refractivity contribution in [3.8, 4) is 5.75 Å². The van der Waals surface area contributed by atoms with Crippen LogP contribution in [0.3, 0.4) is 0 Å². The second kappa shape index (κ2) is 15.9. The number of anilines is 1. The maximum absolute atomic E-state index is 14.0. The van der Waals surface area contributed by atoms with Crippen molar-refractivity contribution in [3.05, 3.63) is 87.6 Å². The topological polar surface area (TPSA) is 166 Å². The minimum Gasteiger partial charge on any atom is -0.459 e. The van der Waals surface area contributed by atoms with Gasteiger partial charge in [0.1, 0.15) is 28.8 Å². The molecular weight excluding hydrogens is 793 g/mol. The van der Waals surface area contributed by atoms with Crippen molar-refractivity contribution in [1.29, 1.82) is 0 Å². The van der Waals surface area contributed by atoms with E-state index in [9.17, 15) is 23.3 Å². The molecule has 10 rings (SSSR count). The van der Waals surface area contributed by atoms with Crippen molar-refractivity contribution < 1.29 is 22.9 Å². The summed E-state index contributed by atoms with van der Waals surface area (Å²) in [7, 11) is -2.41. The molecule has 1 atom stereocenters. The average molecular weight is 853 g/mol. The first-order valence-corrected chi connectivity index (χ1v) is 23.5. The lowest BCUT2D eigenvalue weighted by atomic mass is 9.33. The summed E-state index contributed by atoms with van der Waals surface area (Å²) in [6.07, 6.45) is 17.1. The predicted octanol–water partition coefficient (Wildman–Crippen LogP) is 7.21. The summed E-state index contributed by atoms with van der Waals surface area (Å²) in [6.45, 7) is 14.3. The van der Waals surface area contributed by atoms with E-state index >= 15 is 0 Å². The molecule has 61 heavy (non-hydrogen) atoms. The highest BCUT2D eigenvalue weighted by Gasteiger charge is 2.66. The molecule has 3 aromatic rings. The molecule has 2 bridgehead atoms. The van der Waals surface area contributed by atoms with Gasteiger partial charge in [0.2, 0.25) is 5.91 Å². The zero-order chi connectivity index (χ0) is 42.7. The van der Waals surface area contributed by atoms with Crippen LogP contribution in [0.15, 0.2) is 82.4 Å². The molecule has 5 fully saturated rings. The van der Waals surface area contributed by atoms with E-state index in [4.69, 9.17) is 4.74 Å². The molecule has 15 heteroatoms. The Bertz CT molecular complexity index is 2400. The number of allylic oxidation sites excluding steroid dienone is 3. The van der Waals surface area contributed by atoms with Crippen LogP contribution >= 0.6 is 0 Å². The highest BCUT2D eigenvalue weighted by Crippen LogP contribution is 2.77. The lowest BCUT2D eigenvalue weighted by Gasteiger charge is -2.72. The van der Waals surface area contributed by atoms with Crippen molar-refractivity contribution in [1.82, 2.24) is 29.4 Å². The number of amides is 1. The molecule has 14 nitrogen and oxygen atoms in total. The lowest BCUT2D eigenvalue weighted by molar-refractivity contribution is -0.384. The Labute approximate surface area is 359 Å². The van der Waals surface area contributed by atoms with Crippen molar-refractivity contribution in [2.45, 2.75) is 83.5 Å². The Kier molecular flexibility index (Phi) is 10.8. The van der Waals surface area contributed by atoms with E-state index in [1.165, 1.54) is 50.7 Å². The van der Waals surface area contributed by atoms with Gasteiger partial charge in [0.25, 0.3) is 15.7 Å². The maximum Gasteiger partial charge on any atom is 0.293 e. The highest BCUT2D eigenvalue weighted by molar-refractivity contribution is 7.90. The molecule has 1 amide bonds. The first-order chi connectivity index (χ1) is 29.1. The SMILES string of the molecule is CN1CCC(CNc2ccc(S(=O)(=O)NC(=O)C3CC=C(N4CCN(CC5=C(C67CC(C)(C6)C7)CC(C)(C)CC5)CC4)C=C3Oc3cnc4[nH]ccc4c3)cc2[N+](=O)[O-])CC1. The van der Waals surface area contributed by atoms with E-state index in [0.29, 0.717) is 45.9 Å². The van der Waals surface area contributed by atoms with E-state index in [1.54, 1.807) is 23.5 Å². The predicted molar refractivity (Wildman–Crippen MR) is 235 cm³/mol. The summed E-state index contributed by atoms with van der Waals surface area (Å²) in [5.74, 6) is -0.689. The fourth-order valence-electron chi connectivity index (χ4n) is 11.2. The van der Waals surface area contributed by atoms with E-state index in [2.05, 4.69) is 62.5 Å². The summed E-state index contributed by atoms with van der Waals surface area (Å²) in [5, 5.41) is 16.1. The van der Waals surface area contributed by atoms with Gasteiger partial charge in [-0.05, 0) is 124 Å². The summed E-state index contributed by atoms with van der Waals surface area (Å²) < 4.78 is 36.1. The van der Waals surface area contributed by atoms with Gasteiger partial charge in [0.05, 0.1) is 16.0 Å². The van der Waals surface area contributed by atoms with E-state index in [1.807, 2.05) is 24.3 Å². The molecule has 2 aliphatic heterocycles. The summed E-state index contributed by atoms with van der Waals surface area (Å²) >= 11 is 0. The molecule has 326 valence electrons. The number of piperidine rings is 1. The van der Waals surface area contributed by atoms with Crippen molar-refractivity contribution >= 4 is 38.3 Å². The van der Waals surface area contributed by atoms with Gasteiger partial charge in [-0.1, -0.05) is 38.0 Å². The van der Waals surface area contributed by atoms with Crippen LogP contribution in [0, 0.1) is 38.2 Å². The van der Waals surface area contributed by atoms with Crippen LogP contribution in [-0.2, 0) is 14.8 Å². The number of nitro benzene ring substituents is 1. The summed E-state index contributed by atoms with van der Waals surface area (Å²) in [4.78, 5) is 39.9. The number of aromatic nitrogens is 2.